The third kappa shape index (κ3) is 4.58. The predicted molar refractivity (Wildman–Crippen MR) is 101 cm³/mol. The Balaban J connectivity index is 1.58. The van der Waals surface area contributed by atoms with Gasteiger partial charge in [-0.05, 0) is 44.0 Å². The zero-order valence-electron chi connectivity index (χ0n) is 15.5. The number of nitrogens with zero attached hydrogens (tertiary/aromatic N) is 4. The average molecular weight is 354 g/mol. The Morgan fingerprint density at radius 3 is 2.88 bits per heavy atom. The highest BCUT2D eigenvalue weighted by molar-refractivity contribution is 5.93. The van der Waals surface area contributed by atoms with E-state index in [4.69, 9.17) is 4.74 Å². The number of hydrogen-bond acceptors (Lipinski definition) is 5. The summed E-state index contributed by atoms with van der Waals surface area (Å²) in [6, 6.07) is 9.64. The number of rotatable bonds is 6. The van der Waals surface area contributed by atoms with Crippen LogP contribution in [0.4, 0.5) is 5.82 Å². The van der Waals surface area contributed by atoms with E-state index in [2.05, 4.69) is 14.9 Å². The third-order valence-electron chi connectivity index (χ3n) is 4.71. The van der Waals surface area contributed by atoms with Gasteiger partial charge < -0.3 is 14.5 Å². The first-order valence-corrected chi connectivity index (χ1v) is 9.15. The van der Waals surface area contributed by atoms with Crippen LogP contribution in [-0.4, -0.2) is 53.6 Å². The van der Waals surface area contributed by atoms with Crippen molar-refractivity contribution in [3.05, 3.63) is 54.0 Å². The summed E-state index contributed by atoms with van der Waals surface area (Å²) in [6.45, 7) is 4.94. The number of carbonyl (C=O) groups excluding carboxylic acids is 1. The van der Waals surface area contributed by atoms with Gasteiger partial charge in [-0.3, -0.25) is 9.78 Å². The van der Waals surface area contributed by atoms with Gasteiger partial charge in [-0.1, -0.05) is 6.07 Å². The molecule has 0 bridgehead atoms. The van der Waals surface area contributed by atoms with E-state index < -0.39 is 0 Å². The monoisotopic (exact) mass is 354 g/mol. The van der Waals surface area contributed by atoms with Crippen molar-refractivity contribution < 1.29 is 9.53 Å². The highest BCUT2D eigenvalue weighted by atomic mass is 16.5. The third-order valence-corrected chi connectivity index (χ3v) is 4.71. The van der Waals surface area contributed by atoms with Crippen molar-refractivity contribution in [3.8, 4) is 0 Å². The zero-order valence-corrected chi connectivity index (χ0v) is 15.5. The highest BCUT2D eigenvalue weighted by Gasteiger charge is 2.22. The Kier molecular flexibility index (Phi) is 6.17. The maximum absolute atomic E-state index is 12.2. The molecule has 1 amide bonds. The van der Waals surface area contributed by atoms with Crippen molar-refractivity contribution in [1.82, 2.24) is 14.9 Å². The zero-order chi connectivity index (χ0) is 18.4. The molecule has 2 aromatic rings. The molecule has 0 saturated carbocycles. The number of hydrogen-bond donors (Lipinski definition) is 0. The van der Waals surface area contributed by atoms with Crippen LogP contribution in [0, 0.1) is 0 Å². The second-order valence-electron chi connectivity index (χ2n) is 6.57. The fraction of sp³-hybridized carbons (Fsp3) is 0.450. The smallest absolute Gasteiger partial charge is 0.255 e. The van der Waals surface area contributed by atoms with E-state index >= 15 is 0 Å². The molecule has 1 aliphatic rings. The van der Waals surface area contributed by atoms with Gasteiger partial charge in [-0.2, -0.15) is 0 Å². The second-order valence-corrected chi connectivity index (χ2v) is 6.57. The number of pyridine rings is 2. The summed E-state index contributed by atoms with van der Waals surface area (Å²) in [7, 11) is 1.80. The van der Waals surface area contributed by atoms with Crippen LogP contribution in [0.5, 0.6) is 0 Å². The summed E-state index contributed by atoms with van der Waals surface area (Å²) in [5.74, 6) is 0.897. The minimum Gasteiger partial charge on any atom is -0.370 e. The number of carbonyl (C=O) groups is 1. The van der Waals surface area contributed by atoms with E-state index in [0.29, 0.717) is 18.7 Å². The van der Waals surface area contributed by atoms with Gasteiger partial charge in [0.05, 0.1) is 24.0 Å². The van der Waals surface area contributed by atoms with Crippen molar-refractivity contribution in [2.75, 3.05) is 31.6 Å². The molecule has 1 atom stereocenters. The SMILES string of the molecule is CCN(C)C(=O)c1ccc(N2CCCC(OCc3ccccn3)C2)nc1. The van der Waals surface area contributed by atoms with Crippen molar-refractivity contribution in [2.45, 2.75) is 32.5 Å². The lowest BCUT2D eigenvalue weighted by atomic mass is 10.1. The Hall–Kier alpha value is -2.47. The van der Waals surface area contributed by atoms with Gasteiger partial charge in [0.25, 0.3) is 5.91 Å². The van der Waals surface area contributed by atoms with Gasteiger partial charge in [0.1, 0.15) is 5.82 Å². The summed E-state index contributed by atoms with van der Waals surface area (Å²) < 4.78 is 6.04. The van der Waals surface area contributed by atoms with Gasteiger partial charge in [0, 0.05) is 39.1 Å². The van der Waals surface area contributed by atoms with Gasteiger partial charge in [-0.25, -0.2) is 4.98 Å². The van der Waals surface area contributed by atoms with Crippen LogP contribution in [-0.2, 0) is 11.3 Å². The summed E-state index contributed by atoms with van der Waals surface area (Å²) in [4.78, 5) is 24.9. The molecule has 1 aliphatic heterocycles. The number of anilines is 1. The molecule has 0 aromatic carbocycles. The van der Waals surface area contributed by atoms with Crippen molar-refractivity contribution in [2.24, 2.45) is 0 Å². The summed E-state index contributed by atoms with van der Waals surface area (Å²) in [5, 5.41) is 0. The summed E-state index contributed by atoms with van der Waals surface area (Å²) >= 11 is 0. The predicted octanol–water partition coefficient (Wildman–Crippen LogP) is 2.75. The molecular weight excluding hydrogens is 328 g/mol. The second kappa shape index (κ2) is 8.76. The van der Waals surface area contributed by atoms with Crippen molar-refractivity contribution >= 4 is 11.7 Å². The minimum absolute atomic E-state index is 0.00163. The quantitative estimate of drug-likeness (QED) is 0.798. The molecule has 0 N–H and O–H groups in total. The van der Waals surface area contributed by atoms with Crippen molar-refractivity contribution in [1.29, 1.82) is 0 Å². The van der Waals surface area contributed by atoms with Crippen LogP contribution in [0.3, 0.4) is 0 Å². The lowest BCUT2D eigenvalue weighted by Gasteiger charge is -2.33. The first-order chi connectivity index (χ1) is 12.7. The summed E-state index contributed by atoms with van der Waals surface area (Å²) in [5.41, 5.74) is 1.57. The molecule has 138 valence electrons. The van der Waals surface area contributed by atoms with E-state index in [1.165, 1.54) is 0 Å². The summed E-state index contributed by atoms with van der Waals surface area (Å²) in [6.07, 6.45) is 5.73. The topological polar surface area (TPSA) is 58.6 Å². The Bertz CT molecular complexity index is 706. The molecule has 1 unspecified atom stereocenters. The van der Waals surface area contributed by atoms with Crippen LogP contribution in [0.1, 0.15) is 35.8 Å². The molecule has 0 aliphatic carbocycles. The molecule has 6 heteroatoms. The fourth-order valence-electron chi connectivity index (χ4n) is 3.03. The number of amides is 1. The fourth-order valence-corrected chi connectivity index (χ4v) is 3.03. The standard InChI is InChI=1S/C20H26N4O2/c1-3-23(2)20(25)16-9-10-19(22-13-16)24-12-6-8-18(14-24)26-15-17-7-4-5-11-21-17/h4-5,7,9-11,13,18H,3,6,8,12,14-15H2,1-2H3. The lowest BCUT2D eigenvalue weighted by molar-refractivity contribution is 0.0297. The molecule has 3 rings (SSSR count). The van der Waals surface area contributed by atoms with Gasteiger partial charge in [0.2, 0.25) is 0 Å². The van der Waals surface area contributed by atoms with Gasteiger partial charge in [0.15, 0.2) is 0 Å². The molecular formula is C20H26N4O2. The molecule has 1 fully saturated rings. The first kappa shape index (κ1) is 18.3. The lowest BCUT2D eigenvalue weighted by Crippen LogP contribution is -2.40. The maximum Gasteiger partial charge on any atom is 0.255 e. The molecule has 2 aromatic heterocycles. The van der Waals surface area contributed by atoms with Crippen LogP contribution in [0.25, 0.3) is 0 Å². The van der Waals surface area contributed by atoms with Crippen LogP contribution < -0.4 is 4.90 Å². The van der Waals surface area contributed by atoms with E-state index in [1.54, 1.807) is 24.3 Å². The number of aromatic nitrogens is 2. The highest BCUT2D eigenvalue weighted by Crippen LogP contribution is 2.20. The van der Waals surface area contributed by atoms with Crippen LogP contribution in [0.15, 0.2) is 42.7 Å². The van der Waals surface area contributed by atoms with Gasteiger partial charge >= 0.3 is 0 Å². The largest absolute Gasteiger partial charge is 0.370 e. The molecule has 3 heterocycles. The van der Waals surface area contributed by atoms with E-state index in [1.807, 2.05) is 37.3 Å². The number of piperidine rings is 1. The Labute approximate surface area is 154 Å². The van der Waals surface area contributed by atoms with Crippen LogP contribution >= 0.6 is 0 Å². The Morgan fingerprint density at radius 2 is 2.19 bits per heavy atom. The minimum atomic E-state index is 0.00163. The molecule has 0 spiro atoms. The first-order valence-electron chi connectivity index (χ1n) is 9.15. The van der Waals surface area contributed by atoms with E-state index in [-0.39, 0.29) is 12.0 Å². The van der Waals surface area contributed by atoms with Crippen LogP contribution in [0.2, 0.25) is 0 Å². The van der Waals surface area contributed by atoms with Crippen molar-refractivity contribution in [3.63, 3.8) is 0 Å². The Morgan fingerprint density at radius 1 is 1.31 bits per heavy atom. The maximum atomic E-state index is 12.2. The molecule has 26 heavy (non-hydrogen) atoms. The molecule has 1 saturated heterocycles. The number of ether oxygens (including phenoxy) is 1. The van der Waals surface area contributed by atoms with E-state index in [9.17, 15) is 4.79 Å². The molecule has 0 radical (unpaired) electrons. The average Bonchev–Trinajstić information content (AvgIpc) is 2.72. The van der Waals surface area contributed by atoms with Gasteiger partial charge in [-0.15, -0.1) is 0 Å². The van der Waals surface area contributed by atoms with E-state index in [0.717, 1.165) is 37.4 Å². The molecule has 6 nitrogen and oxygen atoms in total. The normalized spacial score (nSPS) is 17.2.